The summed E-state index contributed by atoms with van der Waals surface area (Å²) in [7, 11) is 0. The van der Waals surface area contributed by atoms with E-state index in [-0.39, 0.29) is 5.41 Å². The van der Waals surface area contributed by atoms with E-state index in [9.17, 15) is 9.59 Å². The number of rotatable bonds is 4. The highest BCUT2D eigenvalue weighted by Crippen LogP contribution is 2.26. The molecule has 6 heteroatoms. The van der Waals surface area contributed by atoms with Gasteiger partial charge in [0.25, 0.3) is 5.91 Å². The third-order valence-corrected chi connectivity index (χ3v) is 4.38. The maximum Gasteiger partial charge on any atom is 0.338 e. The van der Waals surface area contributed by atoms with Crippen molar-refractivity contribution in [2.24, 2.45) is 0 Å². The van der Waals surface area contributed by atoms with Gasteiger partial charge in [-0.3, -0.25) is 4.79 Å². The van der Waals surface area contributed by atoms with E-state index in [1.54, 1.807) is 24.3 Å². The second-order valence-corrected chi connectivity index (χ2v) is 7.83. The van der Waals surface area contributed by atoms with E-state index in [0.29, 0.717) is 21.3 Å². The highest BCUT2D eigenvalue weighted by molar-refractivity contribution is 6.36. The molecule has 1 amide bonds. The van der Waals surface area contributed by atoms with Crippen molar-refractivity contribution in [2.75, 3.05) is 5.32 Å². The zero-order valence-electron chi connectivity index (χ0n) is 15.1. The Morgan fingerprint density at radius 1 is 1.04 bits per heavy atom. The fourth-order valence-corrected chi connectivity index (χ4v) is 2.67. The van der Waals surface area contributed by atoms with Gasteiger partial charge in [-0.25, -0.2) is 4.79 Å². The van der Waals surface area contributed by atoms with Crippen molar-refractivity contribution < 1.29 is 14.3 Å². The summed E-state index contributed by atoms with van der Waals surface area (Å²) in [6, 6.07) is 11.9. The van der Waals surface area contributed by atoms with E-state index in [0.717, 1.165) is 5.56 Å². The fraction of sp³-hybridized carbons (Fsp3) is 0.300. The summed E-state index contributed by atoms with van der Waals surface area (Å²) in [4.78, 5) is 24.5. The lowest BCUT2D eigenvalue weighted by atomic mass is 9.87. The van der Waals surface area contributed by atoms with Crippen LogP contribution < -0.4 is 5.32 Å². The average molecular weight is 394 g/mol. The number of benzene rings is 2. The van der Waals surface area contributed by atoms with Crippen LogP contribution in [-0.4, -0.2) is 18.0 Å². The van der Waals surface area contributed by atoms with E-state index in [1.807, 2.05) is 12.1 Å². The third-order valence-electron chi connectivity index (χ3n) is 3.83. The lowest BCUT2D eigenvalue weighted by Crippen LogP contribution is -2.30. The van der Waals surface area contributed by atoms with Gasteiger partial charge in [0.2, 0.25) is 0 Å². The number of anilines is 1. The molecule has 0 heterocycles. The van der Waals surface area contributed by atoms with Crippen molar-refractivity contribution in [1.82, 2.24) is 0 Å². The number of hydrogen-bond donors (Lipinski definition) is 1. The molecule has 0 aliphatic carbocycles. The molecule has 0 aliphatic rings. The van der Waals surface area contributed by atoms with Gasteiger partial charge in [-0.1, -0.05) is 56.1 Å². The Morgan fingerprint density at radius 2 is 1.65 bits per heavy atom. The van der Waals surface area contributed by atoms with Gasteiger partial charge in [-0.2, -0.15) is 0 Å². The van der Waals surface area contributed by atoms with Crippen LogP contribution in [0.3, 0.4) is 0 Å². The van der Waals surface area contributed by atoms with E-state index in [2.05, 4.69) is 26.1 Å². The Balaban J connectivity index is 2.00. The third kappa shape index (κ3) is 5.23. The van der Waals surface area contributed by atoms with E-state index in [4.69, 9.17) is 27.9 Å². The van der Waals surface area contributed by atoms with Crippen LogP contribution in [-0.2, 0) is 14.9 Å². The van der Waals surface area contributed by atoms with Crippen LogP contribution in [0.2, 0.25) is 10.0 Å². The van der Waals surface area contributed by atoms with Gasteiger partial charge < -0.3 is 10.1 Å². The number of ether oxygens (including phenoxy) is 1. The first kappa shape index (κ1) is 20.3. The highest BCUT2D eigenvalue weighted by atomic mass is 35.5. The van der Waals surface area contributed by atoms with Gasteiger partial charge in [0.05, 0.1) is 16.3 Å². The van der Waals surface area contributed by atoms with Gasteiger partial charge in [0, 0.05) is 5.02 Å². The topological polar surface area (TPSA) is 55.4 Å². The molecule has 0 spiro atoms. The van der Waals surface area contributed by atoms with Crippen molar-refractivity contribution >= 4 is 40.8 Å². The molecule has 0 saturated carbocycles. The summed E-state index contributed by atoms with van der Waals surface area (Å²) in [5.74, 6) is -1.04. The standard InChI is InChI=1S/C20H21Cl2NO3/c1-12(18(24)23-17-10-9-15(21)11-16(17)22)26-19(25)13-5-7-14(8-6-13)20(2,3)4/h5-12H,1-4H3,(H,23,24)/t12-/m1/s1. The summed E-state index contributed by atoms with van der Waals surface area (Å²) < 4.78 is 5.24. The first-order chi connectivity index (χ1) is 12.1. The predicted molar refractivity (Wildman–Crippen MR) is 105 cm³/mol. The molecule has 0 aromatic heterocycles. The molecule has 1 N–H and O–H groups in total. The molecule has 0 saturated heterocycles. The Morgan fingerprint density at radius 3 is 2.19 bits per heavy atom. The molecule has 0 radical (unpaired) electrons. The number of amides is 1. The zero-order valence-corrected chi connectivity index (χ0v) is 16.6. The molecule has 0 fully saturated rings. The normalized spacial score (nSPS) is 12.4. The molecular formula is C20H21Cl2NO3. The number of esters is 1. The summed E-state index contributed by atoms with van der Waals surface area (Å²) in [6.07, 6.45) is -0.975. The minimum atomic E-state index is -0.975. The molecule has 26 heavy (non-hydrogen) atoms. The number of nitrogens with one attached hydrogen (secondary N) is 1. The molecule has 2 rings (SSSR count). The molecule has 0 aliphatic heterocycles. The highest BCUT2D eigenvalue weighted by Gasteiger charge is 2.20. The van der Waals surface area contributed by atoms with Crippen molar-refractivity contribution in [2.45, 2.75) is 39.2 Å². The summed E-state index contributed by atoms with van der Waals surface area (Å²) in [5.41, 5.74) is 1.89. The maximum atomic E-state index is 12.2. The van der Waals surface area contributed by atoms with Gasteiger partial charge in [-0.05, 0) is 48.2 Å². The van der Waals surface area contributed by atoms with Crippen LogP contribution in [0.25, 0.3) is 0 Å². The van der Waals surface area contributed by atoms with E-state index >= 15 is 0 Å². The summed E-state index contributed by atoms with van der Waals surface area (Å²) in [5, 5.41) is 3.39. The predicted octanol–water partition coefficient (Wildman–Crippen LogP) is 5.47. The fourth-order valence-electron chi connectivity index (χ4n) is 2.21. The minimum absolute atomic E-state index is 0.00649. The van der Waals surface area contributed by atoms with Crippen LogP contribution in [0.15, 0.2) is 42.5 Å². The molecule has 138 valence electrons. The first-order valence-corrected chi connectivity index (χ1v) is 8.91. The molecule has 1 atom stereocenters. The number of carbonyl (C=O) groups excluding carboxylic acids is 2. The summed E-state index contributed by atoms with van der Waals surface area (Å²) >= 11 is 11.8. The molecular weight excluding hydrogens is 373 g/mol. The second-order valence-electron chi connectivity index (χ2n) is 6.99. The Bertz CT molecular complexity index is 811. The Hall–Kier alpha value is -2.04. The zero-order chi connectivity index (χ0) is 19.5. The van der Waals surface area contributed by atoms with Crippen molar-refractivity contribution in [3.05, 3.63) is 63.6 Å². The van der Waals surface area contributed by atoms with Crippen molar-refractivity contribution in [3.63, 3.8) is 0 Å². The van der Waals surface area contributed by atoms with Gasteiger partial charge >= 0.3 is 5.97 Å². The lowest BCUT2D eigenvalue weighted by molar-refractivity contribution is -0.123. The molecule has 2 aromatic carbocycles. The van der Waals surface area contributed by atoms with Crippen LogP contribution in [0.4, 0.5) is 5.69 Å². The van der Waals surface area contributed by atoms with Crippen LogP contribution in [0.5, 0.6) is 0 Å². The molecule has 0 bridgehead atoms. The number of carbonyl (C=O) groups is 2. The Labute approximate surface area is 163 Å². The SMILES string of the molecule is C[C@@H](OC(=O)c1ccc(C(C)(C)C)cc1)C(=O)Nc1ccc(Cl)cc1Cl. The first-order valence-electron chi connectivity index (χ1n) is 8.15. The smallest absolute Gasteiger partial charge is 0.338 e. The van der Waals surface area contributed by atoms with Crippen LogP contribution in [0.1, 0.15) is 43.6 Å². The van der Waals surface area contributed by atoms with Gasteiger partial charge in [0.1, 0.15) is 0 Å². The van der Waals surface area contributed by atoms with Crippen LogP contribution in [0, 0.1) is 0 Å². The Kier molecular flexibility index (Phi) is 6.32. The average Bonchev–Trinajstić information content (AvgIpc) is 2.56. The summed E-state index contributed by atoms with van der Waals surface area (Å²) in [6.45, 7) is 7.78. The number of halogens is 2. The van der Waals surface area contributed by atoms with Crippen LogP contribution >= 0.6 is 23.2 Å². The lowest BCUT2D eigenvalue weighted by Gasteiger charge is -2.19. The molecule has 0 unspecified atom stereocenters. The van der Waals surface area contributed by atoms with E-state index < -0.39 is 18.0 Å². The molecule has 4 nitrogen and oxygen atoms in total. The van der Waals surface area contributed by atoms with Crippen molar-refractivity contribution in [3.8, 4) is 0 Å². The maximum absolute atomic E-state index is 12.2. The number of hydrogen-bond acceptors (Lipinski definition) is 3. The van der Waals surface area contributed by atoms with E-state index in [1.165, 1.54) is 13.0 Å². The van der Waals surface area contributed by atoms with Gasteiger partial charge in [-0.15, -0.1) is 0 Å². The molecule has 2 aromatic rings. The van der Waals surface area contributed by atoms with Gasteiger partial charge in [0.15, 0.2) is 6.10 Å². The quantitative estimate of drug-likeness (QED) is 0.700. The van der Waals surface area contributed by atoms with Crippen molar-refractivity contribution in [1.29, 1.82) is 0 Å². The largest absolute Gasteiger partial charge is 0.449 e. The second kappa shape index (κ2) is 8.11. The monoisotopic (exact) mass is 393 g/mol. The minimum Gasteiger partial charge on any atom is -0.449 e.